The van der Waals surface area contributed by atoms with Crippen molar-refractivity contribution in [1.82, 2.24) is 25.4 Å². The molecular weight excluding hydrogens is 419 g/mol. The van der Waals surface area contributed by atoms with Crippen LogP contribution in [0.25, 0.3) is 0 Å². The van der Waals surface area contributed by atoms with Crippen LogP contribution < -0.4 is 15.4 Å². The Kier molecular flexibility index (Phi) is 9.13. The minimum absolute atomic E-state index is 0. The van der Waals surface area contributed by atoms with Crippen LogP contribution in [0.4, 0.5) is 0 Å². The summed E-state index contributed by atoms with van der Waals surface area (Å²) in [7, 11) is 3.66. The van der Waals surface area contributed by atoms with E-state index in [1.54, 1.807) is 19.4 Å². The summed E-state index contributed by atoms with van der Waals surface area (Å²) < 4.78 is 7.50. The van der Waals surface area contributed by atoms with Crippen molar-refractivity contribution in [3.05, 3.63) is 41.9 Å². The van der Waals surface area contributed by atoms with Gasteiger partial charge in [0, 0.05) is 38.6 Å². The Bertz CT molecular complexity index is 643. The Labute approximate surface area is 159 Å². The van der Waals surface area contributed by atoms with Gasteiger partial charge in [-0.15, -0.1) is 24.0 Å². The van der Waals surface area contributed by atoms with Crippen LogP contribution in [0, 0.1) is 0 Å². The zero-order valence-electron chi connectivity index (χ0n) is 14.3. The van der Waals surface area contributed by atoms with Gasteiger partial charge in [0.25, 0.3) is 0 Å². The Morgan fingerprint density at radius 1 is 1.25 bits per heavy atom. The van der Waals surface area contributed by atoms with Gasteiger partial charge in [-0.1, -0.05) is 13.0 Å². The smallest absolute Gasteiger partial charge is 0.218 e. The molecule has 0 amide bonds. The van der Waals surface area contributed by atoms with E-state index < -0.39 is 0 Å². The average molecular weight is 444 g/mol. The third-order valence-electron chi connectivity index (χ3n) is 3.32. The van der Waals surface area contributed by atoms with E-state index in [1.165, 1.54) is 0 Å². The first-order valence-corrected chi connectivity index (χ1v) is 7.72. The summed E-state index contributed by atoms with van der Waals surface area (Å²) in [6, 6.07) is 5.87. The Hall–Kier alpha value is -1.84. The third-order valence-corrected chi connectivity index (χ3v) is 3.32. The van der Waals surface area contributed by atoms with Crippen molar-refractivity contribution in [3.8, 4) is 5.88 Å². The number of hydrogen-bond acceptors (Lipinski definition) is 4. The van der Waals surface area contributed by atoms with E-state index in [4.69, 9.17) is 4.74 Å². The molecule has 132 valence electrons. The molecule has 2 aromatic rings. The fourth-order valence-electron chi connectivity index (χ4n) is 2.04. The standard InChI is InChI=1S/C16H24N6O.HI/c1-4-10-23-15-13(6-5-8-18-15)11-19-16(17-2)20-12-14-7-9-21-22(14)3;/h5-9H,4,10-12H2,1-3H3,(H2,17,19,20);1H. The molecule has 0 saturated heterocycles. The SMILES string of the molecule is CCCOc1ncccc1CNC(=NC)NCc1ccnn1C.I. The number of aryl methyl sites for hydroxylation is 1. The second kappa shape index (κ2) is 10.8. The van der Waals surface area contributed by atoms with Gasteiger partial charge in [0.05, 0.1) is 18.8 Å². The zero-order chi connectivity index (χ0) is 16.5. The molecule has 0 atom stereocenters. The predicted molar refractivity (Wildman–Crippen MR) is 106 cm³/mol. The minimum Gasteiger partial charge on any atom is -0.477 e. The van der Waals surface area contributed by atoms with Crippen molar-refractivity contribution >= 4 is 29.9 Å². The summed E-state index contributed by atoms with van der Waals surface area (Å²) >= 11 is 0. The van der Waals surface area contributed by atoms with Crippen molar-refractivity contribution in [3.63, 3.8) is 0 Å². The number of rotatable bonds is 7. The minimum atomic E-state index is 0. The van der Waals surface area contributed by atoms with Gasteiger partial charge in [-0.3, -0.25) is 9.67 Å². The fourth-order valence-corrected chi connectivity index (χ4v) is 2.04. The number of aromatic nitrogens is 3. The van der Waals surface area contributed by atoms with Gasteiger partial charge in [0.2, 0.25) is 5.88 Å². The molecule has 0 spiro atoms. The molecule has 0 fully saturated rings. The largest absolute Gasteiger partial charge is 0.477 e. The lowest BCUT2D eigenvalue weighted by molar-refractivity contribution is 0.301. The normalized spacial score (nSPS) is 10.9. The number of hydrogen-bond donors (Lipinski definition) is 2. The van der Waals surface area contributed by atoms with Crippen molar-refractivity contribution < 1.29 is 4.74 Å². The van der Waals surface area contributed by atoms with Gasteiger partial charge >= 0.3 is 0 Å². The molecule has 0 aliphatic rings. The quantitative estimate of drug-likeness (QED) is 0.389. The van der Waals surface area contributed by atoms with Crippen molar-refractivity contribution in [1.29, 1.82) is 0 Å². The summed E-state index contributed by atoms with van der Waals surface area (Å²) in [6.45, 7) is 3.99. The summed E-state index contributed by atoms with van der Waals surface area (Å²) in [6.07, 6.45) is 4.47. The monoisotopic (exact) mass is 444 g/mol. The van der Waals surface area contributed by atoms with E-state index >= 15 is 0 Å². The topological polar surface area (TPSA) is 76.4 Å². The van der Waals surface area contributed by atoms with E-state index in [9.17, 15) is 0 Å². The predicted octanol–water partition coefficient (Wildman–Crippen LogP) is 2.09. The van der Waals surface area contributed by atoms with Crippen molar-refractivity contribution in [2.24, 2.45) is 12.0 Å². The van der Waals surface area contributed by atoms with Gasteiger partial charge in [0.15, 0.2) is 5.96 Å². The summed E-state index contributed by atoms with van der Waals surface area (Å²) in [5.74, 6) is 1.39. The van der Waals surface area contributed by atoms with Crippen molar-refractivity contribution in [2.45, 2.75) is 26.4 Å². The van der Waals surface area contributed by atoms with E-state index in [2.05, 4.69) is 32.6 Å². The molecule has 0 unspecified atom stereocenters. The van der Waals surface area contributed by atoms with Gasteiger partial charge in [-0.25, -0.2) is 4.98 Å². The molecule has 0 aliphatic carbocycles. The number of halogens is 1. The van der Waals surface area contributed by atoms with Crippen LogP contribution >= 0.6 is 24.0 Å². The average Bonchev–Trinajstić information content (AvgIpc) is 2.99. The zero-order valence-corrected chi connectivity index (χ0v) is 16.7. The first-order chi connectivity index (χ1) is 11.2. The van der Waals surface area contributed by atoms with Crippen LogP contribution in [0.3, 0.4) is 0 Å². The van der Waals surface area contributed by atoms with E-state index in [0.717, 1.165) is 23.6 Å². The summed E-state index contributed by atoms with van der Waals surface area (Å²) in [4.78, 5) is 8.51. The molecular formula is C16H25IN6O. The van der Waals surface area contributed by atoms with E-state index in [1.807, 2.05) is 29.9 Å². The molecule has 2 rings (SSSR count). The highest BCUT2D eigenvalue weighted by Gasteiger charge is 2.06. The molecule has 0 aliphatic heterocycles. The second-order valence-electron chi connectivity index (χ2n) is 5.04. The van der Waals surface area contributed by atoms with Gasteiger partial charge in [-0.2, -0.15) is 5.10 Å². The highest BCUT2D eigenvalue weighted by molar-refractivity contribution is 14.0. The molecule has 8 heteroatoms. The first kappa shape index (κ1) is 20.2. The number of aliphatic imine (C=N–C) groups is 1. The lowest BCUT2D eigenvalue weighted by Crippen LogP contribution is -2.36. The summed E-state index contributed by atoms with van der Waals surface area (Å²) in [5.41, 5.74) is 2.09. The lowest BCUT2D eigenvalue weighted by atomic mass is 10.2. The molecule has 24 heavy (non-hydrogen) atoms. The molecule has 2 heterocycles. The van der Waals surface area contributed by atoms with Crippen LogP contribution in [-0.2, 0) is 20.1 Å². The number of nitrogens with zero attached hydrogens (tertiary/aromatic N) is 4. The molecule has 7 nitrogen and oxygen atoms in total. The summed E-state index contributed by atoms with van der Waals surface area (Å²) in [5, 5.41) is 10.7. The third kappa shape index (κ3) is 5.99. The van der Waals surface area contributed by atoms with Crippen LogP contribution in [-0.4, -0.2) is 34.4 Å². The molecule has 2 N–H and O–H groups in total. The number of guanidine groups is 1. The van der Waals surface area contributed by atoms with Crippen molar-refractivity contribution in [2.75, 3.05) is 13.7 Å². The Morgan fingerprint density at radius 2 is 2.04 bits per heavy atom. The highest BCUT2D eigenvalue weighted by atomic mass is 127. The Morgan fingerprint density at radius 3 is 2.71 bits per heavy atom. The van der Waals surface area contributed by atoms with Gasteiger partial charge < -0.3 is 15.4 Å². The Balaban J connectivity index is 0.00000288. The molecule has 0 aromatic carbocycles. The maximum Gasteiger partial charge on any atom is 0.218 e. The number of ether oxygens (including phenoxy) is 1. The first-order valence-electron chi connectivity index (χ1n) is 7.72. The van der Waals surface area contributed by atoms with Gasteiger partial charge in [0.1, 0.15) is 0 Å². The highest BCUT2D eigenvalue weighted by Crippen LogP contribution is 2.14. The molecule has 0 radical (unpaired) electrons. The number of pyridine rings is 1. The van der Waals surface area contributed by atoms with E-state index in [0.29, 0.717) is 25.6 Å². The maximum absolute atomic E-state index is 5.66. The van der Waals surface area contributed by atoms with E-state index in [-0.39, 0.29) is 24.0 Å². The van der Waals surface area contributed by atoms with Crippen LogP contribution in [0.15, 0.2) is 35.6 Å². The maximum atomic E-state index is 5.66. The van der Waals surface area contributed by atoms with Crippen LogP contribution in [0.2, 0.25) is 0 Å². The molecule has 0 saturated carbocycles. The van der Waals surface area contributed by atoms with Gasteiger partial charge in [-0.05, 0) is 18.6 Å². The second-order valence-corrected chi connectivity index (χ2v) is 5.04. The molecule has 0 bridgehead atoms. The van der Waals surface area contributed by atoms with Crippen LogP contribution in [0.1, 0.15) is 24.6 Å². The van der Waals surface area contributed by atoms with Crippen LogP contribution in [0.5, 0.6) is 5.88 Å². The fraction of sp³-hybridized carbons (Fsp3) is 0.438. The number of nitrogens with one attached hydrogen (secondary N) is 2. The lowest BCUT2D eigenvalue weighted by Gasteiger charge is -2.14. The molecule has 2 aromatic heterocycles.